The molecule has 0 aliphatic carbocycles. The number of rotatable bonds is 14. The van der Waals surface area contributed by atoms with Gasteiger partial charge in [0.15, 0.2) is 28.2 Å². The number of amides is 2. The van der Waals surface area contributed by atoms with Gasteiger partial charge in [0.2, 0.25) is 25.4 Å². The van der Waals surface area contributed by atoms with Gasteiger partial charge in [-0.2, -0.15) is 0 Å². The zero-order valence-electron chi connectivity index (χ0n) is 24.8. The summed E-state index contributed by atoms with van der Waals surface area (Å²) >= 11 is 1.26. The van der Waals surface area contributed by atoms with Crippen molar-refractivity contribution in [3.8, 4) is 23.0 Å². The fraction of sp³-hybridized carbons (Fsp3) is 0.375. The summed E-state index contributed by atoms with van der Waals surface area (Å²) in [6.45, 7) is 3.28. The van der Waals surface area contributed by atoms with Crippen molar-refractivity contribution in [1.82, 2.24) is 20.2 Å². The number of fused-ring (bicyclic) bond motifs is 3. The minimum atomic E-state index is -0.474. The van der Waals surface area contributed by atoms with Gasteiger partial charge in [-0.25, -0.2) is 4.98 Å². The number of benzene rings is 2. The molecule has 1 atom stereocenters. The van der Waals surface area contributed by atoms with Crippen LogP contribution in [0.3, 0.4) is 0 Å². The topological polar surface area (TPSA) is 143 Å². The van der Waals surface area contributed by atoms with Gasteiger partial charge in [0.05, 0.1) is 29.0 Å². The Balaban J connectivity index is 1.08. The summed E-state index contributed by atoms with van der Waals surface area (Å²) in [5.74, 6) is 2.86. The summed E-state index contributed by atoms with van der Waals surface area (Å²) < 4.78 is 28.7. The van der Waals surface area contributed by atoms with E-state index in [9.17, 15) is 14.4 Å². The third-order valence-corrected chi connectivity index (χ3v) is 8.91. The fourth-order valence-electron chi connectivity index (χ4n) is 5.10. The number of thioether (sulfide) groups is 1. The molecule has 2 N–H and O–H groups in total. The Morgan fingerprint density at radius 2 is 1.71 bits per heavy atom. The van der Waals surface area contributed by atoms with Gasteiger partial charge in [-0.1, -0.05) is 31.2 Å². The summed E-state index contributed by atoms with van der Waals surface area (Å²) in [7, 11) is 0. The monoisotopic (exact) mass is 634 g/mol. The maximum absolute atomic E-state index is 13.8. The van der Waals surface area contributed by atoms with E-state index in [4.69, 9.17) is 28.3 Å². The molecule has 2 aliphatic heterocycles. The summed E-state index contributed by atoms with van der Waals surface area (Å²) in [6, 6.07) is 12.5. The van der Waals surface area contributed by atoms with Crippen molar-refractivity contribution in [2.75, 3.05) is 13.6 Å². The second-order valence-electron chi connectivity index (χ2n) is 10.7. The lowest BCUT2D eigenvalue weighted by molar-refractivity contribution is -0.122. The molecule has 13 heteroatoms. The summed E-state index contributed by atoms with van der Waals surface area (Å²) in [5.41, 5.74) is 1.20. The van der Waals surface area contributed by atoms with Crippen LogP contribution in [-0.4, -0.2) is 40.2 Å². The van der Waals surface area contributed by atoms with Crippen molar-refractivity contribution in [1.29, 1.82) is 0 Å². The molecule has 12 nitrogen and oxygen atoms in total. The standard InChI is InChI=1S/C32H34N4O8S/c1-2-28(30(38)34-17-21-7-6-12-40-21)45-32-35-23-15-27-26(43-19-44-27)14-22(23)31(39)36(32)11-5-3-4-8-29(37)33-16-20-9-10-24-25(13-20)42-18-41-24/h6-7,9-10,12-15,28H,2-5,8,11,16-19H2,1H3,(H,33,37)(H,34,38)/t28-/m0/s1. The normalized spacial score (nSPS) is 13.6. The van der Waals surface area contributed by atoms with Crippen molar-refractivity contribution in [3.05, 3.63) is 70.4 Å². The average Bonchev–Trinajstić information content (AvgIpc) is 3.83. The predicted molar refractivity (Wildman–Crippen MR) is 165 cm³/mol. The van der Waals surface area contributed by atoms with Crippen LogP contribution in [0.2, 0.25) is 0 Å². The second kappa shape index (κ2) is 14.0. The van der Waals surface area contributed by atoms with Crippen LogP contribution in [0.25, 0.3) is 10.9 Å². The van der Waals surface area contributed by atoms with Gasteiger partial charge in [0.25, 0.3) is 5.56 Å². The van der Waals surface area contributed by atoms with Gasteiger partial charge in [0, 0.05) is 25.6 Å². The maximum atomic E-state index is 13.8. The van der Waals surface area contributed by atoms with Gasteiger partial charge in [-0.05, 0) is 55.2 Å². The third kappa shape index (κ3) is 7.19. The molecule has 0 unspecified atom stereocenters. The highest BCUT2D eigenvalue weighted by atomic mass is 32.2. The molecule has 45 heavy (non-hydrogen) atoms. The molecule has 4 heterocycles. The number of carbonyl (C=O) groups is 2. The quantitative estimate of drug-likeness (QED) is 0.116. The zero-order valence-corrected chi connectivity index (χ0v) is 25.7. The highest BCUT2D eigenvalue weighted by molar-refractivity contribution is 8.00. The highest BCUT2D eigenvalue weighted by Crippen LogP contribution is 2.36. The number of furan rings is 1. The molecule has 0 radical (unpaired) electrons. The maximum Gasteiger partial charge on any atom is 0.262 e. The van der Waals surface area contributed by atoms with Crippen LogP contribution in [0.4, 0.5) is 0 Å². The van der Waals surface area contributed by atoms with Gasteiger partial charge in [0.1, 0.15) is 5.76 Å². The molecule has 0 bridgehead atoms. The fourth-order valence-corrected chi connectivity index (χ4v) is 6.16. The first-order chi connectivity index (χ1) is 22.0. The van der Waals surface area contributed by atoms with Gasteiger partial charge < -0.3 is 34.0 Å². The van der Waals surface area contributed by atoms with Crippen molar-refractivity contribution in [3.63, 3.8) is 0 Å². The van der Waals surface area contributed by atoms with E-state index in [1.807, 2.05) is 25.1 Å². The van der Waals surface area contributed by atoms with Crippen LogP contribution < -0.4 is 35.1 Å². The molecule has 4 aromatic rings. The summed E-state index contributed by atoms with van der Waals surface area (Å²) in [6.07, 6.45) is 4.51. The molecule has 0 saturated heterocycles. The van der Waals surface area contributed by atoms with E-state index >= 15 is 0 Å². The average molecular weight is 635 g/mol. The largest absolute Gasteiger partial charge is 0.467 e. The number of aromatic nitrogens is 2. The number of nitrogens with one attached hydrogen (secondary N) is 2. The van der Waals surface area contributed by atoms with Crippen molar-refractivity contribution >= 4 is 34.5 Å². The first-order valence-electron chi connectivity index (χ1n) is 14.9. The molecule has 2 aromatic carbocycles. The molecule has 2 aromatic heterocycles. The molecular weight excluding hydrogens is 600 g/mol. The second-order valence-corrected chi connectivity index (χ2v) is 11.8. The van der Waals surface area contributed by atoms with Crippen LogP contribution in [0.15, 0.2) is 63.1 Å². The van der Waals surface area contributed by atoms with E-state index in [2.05, 4.69) is 10.6 Å². The minimum Gasteiger partial charge on any atom is -0.467 e. The van der Waals surface area contributed by atoms with Crippen molar-refractivity contribution in [2.45, 2.75) is 69.1 Å². The van der Waals surface area contributed by atoms with Gasteiger partial charge >= 0.3 is 0 Å². The Morgan fingerprint density at radius 1 is 0.933 bits per heavy atom. The van der Waals surface area contributed by atoms with Crippen LogP contribution >= 0.6 is 11.8 Å². The lowest BCUT2D eigenvalue weighted by Crippen LogP contribution is -2.33. The van der Waals surface area contributed by atoms with Crippen LogP contribution in [-0.2, 0) is 29.2 Å². The number of unbranched alkanes of at least 4 members (excludes halogenated alkanes) is 2. The van der Waals surface area contributed by atoms with E-state index in [0.29, 0.717) is 83.6 Å². The Bertz CT molecular complexity index is 1740. The SMILES string of the molecule is CC[C@H](Sc1nc2cc3c(cc2c(=O)n1CCCCCC(=O)NCc1ccc2c(c1)OCO2)OCO3)C(=O)NCc1ccco1. The minimum absolute atomic E-state index is 0.0455. The molecule has 6 rings (SSSR count). The van der Waals surface area contributed by atoms with Crippen LogP contribution in [0, 0.1) is 0 Å². The number of hydrogen-bond donors (Lipinski definition) is 2. The van der Waals surface area contributed by atoms with Crippen molar-refractivity contribution < 1.29 is 33.0 Å². The van der Waals surface area contributed by atoms with Gasteiger partial charge in [-0.3, -0.25) is 19.0 Å². The molecule has 2 aliphatic rings. The van der Waals surface area contributed by atoms with E-state index < -0.39 is 5.25 Å². The Labute approximate surface area is 263 Å². The molecular formula is C32H34N4O8S. The summed E-state index contributed by atoms with van der Waals surface area (Å²) in [5, 5.41) is 6.25. The zero-order chi connectivity index (χ0) is 31.2. The lowest BCUT2D eigenvalue weighted by Gasteiger charge is -2.18. The smallest absolute Gasteiger partial charge is 0.262 e. The lowest BCUT2D eigenvalue weighted by atomic mass is 10.1. The van der Waals surface area contributed by atoms with E-state index in [1.165, 1.54) is 11.8 Å². The molecule has 2 amide bonds. The Morgan fingerprint density at radius 3 is 2.49 bits per heavy atom. The molecule has 0 fully saturated rings. The third-order valence-electron chi connectivity index (χ3n) is 7.55. The Kier molecular flexibility index (Phi) is 9.44. The van der Waals surface area contributed by atoms with E-state index in [-0.39, 0.29) is 37.5 Å². The van der Waals surface area contributed by atoms with E-state index in [0.717, 1.165) is 12.0 Å². The van der Waals surface area contributed by atoms with Crippen LogP contribution in [0.5, 0.6) is 23.0 Å². The van der Waals surface area contributed by atoms with Crippen LogP contribution in [0.1, 0.15) is 50.4 Å². The highest BCUT2D eigenvalue weighted by Gasteiger charge is 2.24. The first kappa shape index (κ1) is 30.4. The predicted octanol–water partition coefficient (Wildman–Crippen LogP) is 4.51. The van der Waals surface area contributed by atoms with Crippen molar-refractivity contribution in [2.24, 2.45) is 0 Å². The van der Waals surface area contributed by atoms with E-state index in [1.54, 1.807) is 35.1 Å². The number of nitrogens with zero attached hydrogens (tertiary/aromatic N) is 2. The molecule has 0 saturated carbocycles. The number of ether oxygens (including phenoxy) is 4. The number of hydrogen-bond acceptors (Lipinski definition) is 10. The summed E-state index contributed by atoms with van der Waals surface area (Å²) in [4.78, 5) is 44.1. The molecule has 236 valence electrons. The number of carbonyl (C=O) groups excluding carboxylic acids is 2. The molecule has 0 spiro atoms. The Hall–Kier alpha value is -4.65. The van der Waals surface area contributed by atoms with Gasteiger partial charge in [-0.15, -0.1) is 0 Å². The first-order valence-corrected chi connectivity index (χ1v) is 15.8.